The summed E-state index contributed by atoms with van der Waals surface area (Å²) in [6.07, 6.45) is 0. The summed E-state index contributed by atoms with van der Waals surface area (Å²) in [5, 5.41) is 23.2. The van der Waals surface area contributed by atoms with Crippen molar-refractivity contribution < 1.29 is 19.6 Å². The molecule has 0 saturated heterocycles. The predicted octanol–water partition coefficient (Wildman–Crippen LogP) is 2.30. The lowest BCUT2D eigenvalue weighted by molar-refractivity contribution is -0.384. The van der Waals surface area contributed by atoms with E-state index in [0.29, 0.717) is 0 Å². The average molecular weight is 297 g/mol. The van der Waals surface area contributed by atoms with Crippen LogP contribution >= 0.6 is 0 Å². The van der Waals surface area contributed by atoms with Crippen molar-refractivity contribution in [3.05, 3.63) is 22.2 Å². The highest BCUT2D eigenvalue weighted by molar-refractivity contribution is 5.76. The lowest BCUT2D eigenvalue weighted by Gasteiger charge is -2.39. The monoisotopic (exact) mass is 297 g/mol. The molecule has 0 aliphatic rings. The first-order valence-corrected chi connectivity index (χ1v) is 6.24. The van der Waals surface area contributed by atoms with E-state index in [1.807, 2.05) is 0 Å². The van der Waals surface area contributed by atoms with Gasteiger partial charge in [0.1, 0.15) is 0 Å². The highest BCUT2D eigenvalue weighted by Gasteiger charge is 2.44. The van der Waals surface area contributed by atoms with Crippen molar-refractivity contribution in [1.82, 2.24) is 4.98 Å². The van der Waals surface area contributed by atoms with Gasteiger partial charge >= 0.3 is 11.7 Å². The Morgan fingerprint density at radius 1 is 1.38 bits per heavy atom. The normalized spacial score (nSPS) is 11.9. The third-order valence-electron chi connectivity index (χ3n) is 3.78. The molecule has 0 spiro atoms. The van der Waals surface area contributed by atoms with Crippen molar-refractivity contribution in [2.45, 2.75) is 33.2 Å². The minimum atomic E-state index is -1.17. The van der Waals surface area contributed by atoms with Gasteiger partial charge in [0.05, 0.1) is 17.4 Å². The molecule has 0 aliphatic carbocycles. The fourth-order valence-corrected chi connectivity index (χ4v) is 1.51. The Morgan fingerprint density at radius 2 is 1.95 bits per heavy atom. The van der Waals surface area contributed by atoms with Gasteiger partial charge in [-0.05, 0) is 27.7 Å². The summed E-state index contributed by atoms with van der Waals surface area (Å²) in [4.78, 5) is 25.9. The molecule has 0 aliphatic heterocycles. The third kappa shape index (κ3) is 3.21. The van der Waals surface area contributed by atoms with Crippen LogP contribution in [0.25, 0.3) is 0 Å². The van der Waals surface area contributed by atoms with Gasteiger partial charge in [0.2, 0.25) is 11.7 Å². The maximum Gasteiger partial charge on any atom is 0.311 e. The number of anilines is 1. The molecule has 0 fully saturated rings. The van der Waals surface area contributed by atoms with Crippen LogP contribution in [-0.2, 0) is 4.79 Å². The van der Waals surface area contributed by atoms with E-state index in [1.165, 1.54) is 33.1 Å². The first-order chi connectivity index (χ1) is 9.52. The molecule has 0 atom stereocenters. The molecule has 21 heavy (non-hydrogen) atoms. The van der Waals surface area contributed by atoms with Gasteiger partial charge in [-0.15, -0.1) is 0 Å². The van der Waals surface area contributed by atoms with Crippen LogP contribution in [0.2, 0.25) is 0 Å². The molecule has 0 radical (unpaired) electrons. The molecule has 116 valence electrons. The van der Waals surface area contributed by atoms with Gasteiger partial charge in [-0.3, -0.25) is 14.9 Å². The first-order valence-electron chi connectivity index (χ1n) is 6.24. The summed E-state index contributed by atoms with van der Waals surface area (Å²) in [5.41, 5.74) is -2.40. The Hall–Kier alpha value is -2.38. The second-order valence-corrected chi connectivity index (χ2v) is 5.66. The van der Waals surface area contributed by atoms with Crippen LogP contribution in [0.4, 0.5) is 11.5 Å². The summed E-state index contributed by atoms with van der Waals surface area (Å²) in [5.74, 6) is -0.851. The van der Waals surface area contributed by atoms with Gasteiger partial charge < -0.3 is 15.2 Å². The number of carbonyl (C=O) groups is 1. The molecule has 8 heteroatoms. The number of hydrogen-bond donors (Lipinski definition) is 2. The van der Waals surface area contributed by atoms with Crippen LogP contribution in [-0.4, -0.2) is 33.6 Å². The predicted molar refractivity (Wildman–Crippen MR) is 76.6 cm³/mol. The average Bonchev–Trinajstić information content (AvgIpc) is 2.37. The molecule has 1 heterocycles. The van der Waals surface area contributed by atoms with Crippen LogP contribution in [0, 0.1) is 15.5 Å². The third-order valence-corrected chi connectivity index (χ3v) is 3.78. The van der Waals surface area contributed by atoms with E-state index >= 15 is 0 Å². The molecule has 0 bridgehead atoms. The Kier molecular flexibility index (Phi) is 4.40. The quantitative estimate of drug-likeness (QED) is 0.611. The van der Waals surface area contributed by atoms with Gasteiger partial charge in [-0.25, -0.2) is 0 Å². The highest BCUT2D eigenvalue weighted by Crippen LogP contribution is 2.36. The molecule has 0 amide bonds. The Labute approximate surface area is 122 Å². The molecule has 1 rings (SSSR count). The van der Waals surface area contributed by atoms with Gasteiger partial charge in [-0.2, -0.15) is 4.98 Å². The van der Waals surface area contributed by atoms with E-state index < -0.39 is 21.8 Å². The minimum absolute atomic E-state index is 0.0290. The number of carboxylic acids is 1. The number of aromatic nitrogens is 1. The molecule has 8 nitrogen and oxygen atoms in total. The number of pyridine rings is 1. The first kappa shape index (κ1) is 16.7. The molecule has 1 aromatic rings. The molecule has 2 N–H and O–H groups in total. The van der Waals surface area contributed by atoms with E-state index in [1.54, 1.807) is 13.8 Å². The number of hydrogen-bond acceptors (Lipinski definition) is 6. The van der Waals surface area contributed by atoms with E-state index in [0.717, 1.165) is 0 Å². The second-order valence-electron chi connectivity index (χ2n) is 5.66. The van der Waals surface area contributed by atoms with Crippen molar-refractivity contribution in [3.8, 4) is 5.88 Å². The van der Waals surface area contributed by atoms with E-state index in [9.17, 15) is 20.0 Å². The number of ether oxygens (including phenoxy) is 1. The second kappa shape index (κ2) is 5.55. The minimum Gasteiger partial charge on any atom is -0.481 e. The van der Waals surface area contributed by atoms with Gasteiger partial charge in [0.25, 0.3) is 0 Å². The number of nitrogens with one attached hydrogen (secondary N) is 1. The zero-order valence-electron chi connectivity index (χ0n) is 12.6. The molecule has 1 aromatic heterocycles. The summed E-state index contributed by atoms with van der Waals surface area (Å²) in [6.45, 7) is 6.36. The molecule has 0 unspecified atom stereocenters. The van der Waals surface area contributed by atoms with Gasteiger partial charge in [0.15, 0.2) is 0 Å². The van der Waals surface area contributed by atoms with Gasteiger partial charge in [-0.1, -0.05) is 0 Å². The largest absolute Gasteiger partial charge is 0.481 e. The van der Waals surface area contributed by atoms with Crippen LogP contribution in [0.15, 0.2) is 12.1 Å². The maximum atomic E-state index is 11.4. The zero-order valence-corrected chi connectivity index (χ0v) is 12.6. The number of aliphatic carboxylic acids is 1. The van der Waals surface area contributed by atoms with Crippen molar-refractivity contribution in [2.24, 2.45) is 5.41 Å². The van der Waals surface area contributed by atoms with E-state index in [-0.39, 0.29) is 17.4 Å². The summed E-state index contributed by atoms with van der Waals surface area (Å²) >= 11 is 0. The Morgan fingerprint density at radius 3 is 2.38 bits per heavy atom. The topological polar surface area (TPSA) is 115 Å². The lowest BCUT2D eigenvalue weighted by atomic mass is 9.74. The zero-order chi connectivity index (χ0) is 16.4. The van der Waals surface area contributed by atoms with Crippen LogP contribution in [0.1, 0.15) is 27.7 Å². The van der Waals surface area contributed by atoms with Crippen molar-refractivity contribution in [3.63, 3.8) is 0 Å². The molecule has 0 aromatic carbocycles. The highest BCUT2D eigenvalue weighted by atomic mass is 16.6. The Bertz CT molecular complexity index is 569. The fourth-order valence-electron chi connectivity index (χ4n) is 1.51. The number of nitrogens with zero attached hydrogens (tertiary/aromatic N) is 2. The van der Waals surface area contributed by atoms with E-state index in [2.05, 4.69) is 10.3 Å². The summed E-state index contributed by atoms with van der Waals surface area (Å²) in [7, 11) is 1.39. The summed E-state index contributed by atoms with van der Waals surface area (Å²) in [6, 6.07) is 2.64. The number of rotatable bonds is 6. The number of methoxy groups -OCH3 is 1. The van der Waals surface area contributed by atoms with Crippen LogP contribution in [0.3, 0.4) is 0 Å². The molecular weight excluding hydrogens is 278 g/mol. The van der Waals surface area contributed by atoms with Crippen LogP contribution < -0.4 is 10.1 Å². The number of nitro groups is 1. The maximum absolute atomic E-state index is 11.4. The smallest absolute Gasteiger partial charge is 0.311 e. The number of carboxylic acid groups (broad SMARTS) is 1. The fraction of sp³-hybridized carbons (Fsp3) is 0.538. The standard InChI is InChI=1S/C13H19N3O5/c1-12(2,11(17)18)13(3,4)15-10-8(16(19)20)6-7-9(14-10)21-5/h6-7H,1-5H3,(H,14,15)(H,17,18). The Balaban J connectivity index is 3.28. The molecular formula is C13H19N3O5. The van der Waals surface area contributed by atoms with Crippen molar-refractivity contribution in [2.75, 3.05) is 12.4 Å². The summed E-state index contributed by atoms with van der Waals surface area (Å²) < 4.78 is 4.95. The van der Waals surface area contributed by atoms with Crippen molar-refractivity contribution >= 4 is 17.5 Å². The van der Waals surface area contributed by atoms with Crippen molar-refractivity contribution in [1.29, 1.82) is 0 Å². The van der Waals surface area contributed by atoms with Crippen LogP contribution in [0.5, 0.6) is 5.88 Å². The van der Waals surface area contributed by atoms with Gasteiger partial charge in [0, 0.05) is 17.7 Å². The van der Waals surface area contributed by atoms with E-state index in [4.69, 9.17) is 4.74 Å². The lowest BCUT2D eigenvalue weighted by Crippen LogP contribution is -2.50. The molecule has 0 saturated carbocycles. The SMILES string of the molecule is COc1ccc([N+](=O)[O-])c(NC(C)(C)C(C)(C)C(=O)O)n1.